The third kappa shape index (κ3) is 5.93. The number of rotatable bonds is 8. The van der Waals surface area contributed by atoms with E-state index in [1.807, 2.05) is 30.4 Å². The predicted octanol–water partition coefficient (Wildman–Crippen LogP) is 4.24. The highest BCUT2D eigenvalue weighted by Crippen LogP contribution is 2.26. The quantitative estimate of drug-likeness (QED) is 0.496. The van der Waals surface area contributed by atoms with Crippen LogP contribution in [-0.2, 0) is 17.8 Å². The number of ether oxygens (including phenoxy) is 2. The smallest absolute Gasteiger partial charge is 0.439 e. The first-order chi connectivity index (χ1) is 16.5. The first kappa shape index (κ1) is 23.3. The van der Waals surface area contributed by atoms with Crippen molar-refractivity contribution >= 4 is 23.0 Å². The summed E-state index contributed by atoms with van der Waals surface area (Å²) in [7, 11) is 1.57. The van der Waals surface area contributed by atoms with Crippen LogP contribution in [0.3, 0.4) is 0 Å². The molecule has 4 rings (SSSR count). The van der Waals surface area contributed by atoms with Gasteiger partial charge in [0.1, 0.15) is 24.0 Å². The summed E-state index contributed by atoms with van der Waals surface area (Å²) in [5.74, 6) is 1.07. The Morgan fingerprint density at radius 1 is 1.26 bits per heavy atom. The highest BCUT2D eigenvalue weighted by atomic mass is 35.5. The summed E-state index contributed by atoms with van der Waals surface area (Å²) < 4.78 is 29.6. The standard InChI is InChI=1S/C24H22ClFN4O4/c1-32-23-9-8-16(13-21(28-23)27-11-10-18-19(25)6-3-7-20(18)26)15-4-2-5-17(12-15)33-14-22-29-24(31)34-30-22/h2-7,9,12-13H,8,10-11,14H2,1H3,(H,27,28)(H,29,30,31). The van der Waals surface area contributed by atoms with Crippen molar-refractivity contribution in [3.8, 4) is 5.75 Å². The summed E-state index contributed by atoms with van der Waals surface area (Å²) in [6, 6.07) is 12.1. The zero-order valence-electron chi connectivity index (χ0n) is 18.3. The van der Waals surface area contributed by atoms with Crippen LogP contribution in [0.15, 0.2) is 74.8 Å². The van der Waals surface area contributed by atoms with E-state index in [0.717, 1.165) is 11.1 Å². The Morgan fingerprint density at radius 2 is 2.12 bits per heavy atom. The average Bonchev–Trinajstić information content (AvgIpc) is 3.14. The van der Waals surface area contributed by atoms with Gasteiger partial charge >= 0.3 is 5.76 Å². The maximum atomic E-state index is 14.1. The van der Waals surface area contributed by atoms with Crippen LogP contribution >= 0.6 is 11.6 Å². The lowest BCUT2D eigenvalue weighted by Crippen LogP contribution is -2.21. The van der Waals surface area contributed by atoms with Crippen LogP contribution in [0.25, 0.3) is 5.57 Å². The maximum absolute atomic E-state index is 14.1. The molecule has 0 spiro atoms. The number of hydrogen-bond donors (Lipinski definition) is 2. The van der Waals surface area contributed by atoms with Crippen LogP contribution in [-0.4, -0.2) is 29.6 Å². The molecule has 0 atom stereocenters. The molecular weight excluding hydrogens is 463 g/mol. The highest BCUT2D eigenvalue weighted by molar-refractivity contribution is 6.31. The van der Waals surface area contributed by atoms with Crippen molar-refractivity contribution in [3.63, 3.8) is 0 Å². The molecule has 10 heteroatoms. The maximum Gasteiger partial charge on any atom is 0.439 e. The number of benzene rings is 2. The zero-order valence-corrected chi connectivity index (χ0v) is 19.1. The number of nitrogens with one attached hydrogen (secondary N) is 2. The number of halogens is 2. The van der Waals surface area contributed by atoms with Crippen molar-refractivity contribution in [3.05, 3.63) is 98.8 Å². The third-order valence-corrected chi connectivity index (χ3v) is 5.41. The molecule has 0 saturated carbocycles. The molecule has 2 heterocycles. The first-order valence-corrected chi connectivity index (χ1v) is 10.9. The number of amidine groups is 1. The average molecular weight is 485 g/mol. The summed E-state index contributed by atoms with van der Waals surface area (Å²) in [5, 5.41) is 7.12. The van der Waals surface area contributed by atoms with E-state index in [4.69, 9.17) is 21.1 Å². The Morgan fingerprint density at radius 3 is 2.88 bits per heavy atom. The van der Waals surface area contributed by atoms with E-state index in [1.54, 1.807) is 25.3 Å². The van der Waals surface area contributed by atoms with E-state index in [2.05, 4.69) is 25.0 Å². The SMILES string of the molecule is COC1=CCC(c2cccc(OCc3noc(=O)[nH]3)c2)=CC(=NCCc2c(F)cccc2Cl)N1. The molecule has 0 bridgehead atoms. The molecule has 8 nitrogen and oxygen atoms in total. The van der Waals surface area contributed by atoms with Crippen molar-refractivity contribution in [2.45, 2.75) is 19.4 Å². The van der Waals surface area contributed by atoms with E-state index < -0.39 is 5.76 Å². The Bertz CT molecular complexity index is 1290. The number of hydrogen-bond acceptors (Lipinski definition) is 6. The molecule has 0 amide bonds. The van der Waals surface area contributed by atoms with Gasteiger partial charge in [-0.1, -0.05) is 35.0 Å². The second-order valence-corrected chi connectivity index (χ2v) is 7.75. The van der Waals surface area contributed by atoms with Crippen LogP contribution in [0.5, 0.6) is 5.75 Å². The molecule has 3 aromatic rings. The second-order valence-electron chi connectivity index (χ2n) is 7.35. The molecule has 0 saturated heterocycles. The summed E-state index contributed by atoms with van der Waals surface area (Å²) in [5.41, 5.74) is 2.33. The summed E-state index contributed by atoms with van der Waals surface area (Å²) >= 11 is 6.12. The molecule has 176 valence electrons. The van der Waals surface area contributed by atoms with Gasteiger partial charge in [0.25, 0.3) is 0 Å². The van der Waals surface area contributed by atoms with Crippen molar-refractivity contribution in [2.24, 2.45) is 4.99 Å². The predicted molar refractivity (Wildman–Crippen MR) is 126 cm³/mol. The first-order valence-electron chi connectivity index (χ1n) is 10.5. The minimum atomic E-state index is -0.631. The fourth-order valence-corrected chi connectivity index (χ4v) is 3.64. The highest BCUT2D eigenvalue weighted by Gasteiger charge is 2.12. The molecule has 0 aliphatic carbocycles. The third-order valence-electron chi connectivity index (χ3n) is 5.06. The molecule has 0 radical (unpaired) electrons. The Labute approximate surface area is 199 Å². The van der Waals surface area contributed by atoms with Gasteiger partial charge in [-0.15, -0.1) is 0 Å². The van der Waals surface area contributed by atoms with Crippen LogP contribution in [0.1, 0.15) is 23.4 Å². The fraction of sp³-hybridized carbons (Fsp3) is 0.208. The minimum Gasteiger partial charge on any atom is -0.486 e. The normalized spacial score (nSPS) is 14.7. The number of H-pyrrole nitrogens is 1. The number of nitrogens with zero attached hydrogens (tertiary/aromatic N) is 2. The van der Waals surface area contributed by atoms with E-state index >= 15 is 0 Å². The summed E-state index contributed by atoms with van der Waals surface area (Å²) in [4.78, 5) is 18.1. The van der Waals surface area contributed by atoms with Gasteiger partial charge in [-0.25, -0.2) is 9.18 Å². The van der Waals surface area contributed by atoms with Gasteiger partial charge < -0.3 is 14.8 Å². The van der Waals surface area contributed by atoms with Gasteiger partial charge in [0, 0.05) is 17.1 Å². The van der Waals surface area contributed by atoms with Gasteiger partial charge in [0.15, 0.2) is 11.7 Å². The minimum absolute atomic E-state index is 0.0643. The van der Waals surface area contributed by atoms with Crippen molar-refractivity contribution in [1.82, 2.24) is 15.5 Å². The van der Waals surface area contributed by atoms with Crippen molar-refractivity contribution < 1.29 is 18.4 Å². The summed E-state index contributed by atoms with van der Waals surface area (Å²) in [6.07, 6.45) is 4.78. The van der Waals surface area contributed by atoms with Gasteiger partial charge in [0.2, 0.25) is 0 Å². The van der Waals surface area contributed by atoms with E-state index in [1.165, 1.54) is 6.07 Å². The molecule has 34 heavy (non-hydrogen) atoms. The van der Waals surface area contributed by atoms with E-state index in [-0.39, 0.29) is 12.4 Å². The van der Waals surface area contributed by atoms with E-state index in [0.29, 0.717) is 53.3 Å². The molecule has 1 aromatic heterocycles. The number of aliphatic imine (C=N–C) groups is 1. The Kier molecular flexibility index (Phi) is 7.44. The number of allylic oxidation sites excluding steroid dienone is 2. The largest absolute Gasteiger partial charge is 0.486 e. The lowest BCUT2D eigenvalue weighted by Gasteiger charge is -2.09. The molecule has 0 fully saturated rings. The Balaban J connectivity index is 1.52. The van der Waals surface area contributed by atoms with Gasteiger partial charge in [-0.2, -0.15) is 0 Å². The molecule has 2 N–H and O–H groups in total. The molecule has 1 aliphatic heterocycles. The van der Waals surface area contributed by atoms with Crippen LogP contribution < -0.4 is 15.8 Å². The molecular formula is C24H22ClFN4O4. The molecule has 2 aromatic carbocycles. The number of aromatic amines is 1. The van der Waals surface area contributed by atoms with Crippen LogP contribution in [0.2, 0.25) is 5.02 Å². The van der Waals surface area contributed by atoms with Crippen molar-refractivity contribution in [2.75, 3.05) is 13.7 Å². The van der Waals surface area contributed by atoms with Crippen LogP contribution in [0.4, 0.5) is 4.39 Å². The van der Waals surface area contributed by atoms with Crippen LogP contribution in [0, 0.1) is 5.82 Å². The van der Waals surface area contributed by atoms with Gasteiger partial charge in [-0.05, 0) is 60.4 Å². The van der Waals surface area contributed by atoms with Gasteiger partial charge in [0.05, 0.1) is 7.11 Å². The topological polar surface area (TPSA) is 102 Å². The molecule has 1 aliphatic rings. The number of methoxy groups -OCH3 is 1. The zero-order chi connectivity index (χ0) is 23.9. The lowest BCUT2D eigenvalue weighted by atomic mass is 10.0. The van der Waals surface area contributed by atoms with Gasteiger partial charge in [-0.3, -0.25) is 14.5 Å². The number of aromatic nitrogens is 2. The monoisotopic (exact) mass is 484 g/mol. The summed E-state index contributed by atoms with van der Waals surface area (Å²) in [6.45, 7) is 0.400. The lowest BCUT2D eigenvalue weighted by molar-refractivity contribution is 0.275. The second kappa shape index (κ2) is 10.8. The molecule has 0 unspecified atom stereocenters. The Hall–Kier alpha value is -3.85. The fourth-order valence-electron chi connectivity index (χ4n) is 3.38. The van der Waals surface area contributed by atoms with E-state index in [9.17, 15) is 9.18 Å². The van der Waals surface area contributed by atoms with Crippen molar-refractivity contribution in [1.29, 1.82) is 0 Å².